The number of carboxylic acid groups (broad SMARTS) is 3. The Balaban J connectivity index is -0.000000720. The van der Waals surface area contributed by atoms with Crippen molar-refractivity contribution in [1.29, 1.82) is 0 Å². The molecule has 0 amide bonds. The maximum atomic E-state index is 10.1. The van der Waals surface area contributed by atoms with Crippen molar-refractivity contribution >= 4 is 41.0 Å². The Morgan fingerprint density at radius 3 is 1.40 bits per heavy atom. The van der Waals surface area contributed by atoms with Crippen LogP contribution in [0.4, 0.5) is 0 Å². The molecule has 0 aromatic heterocycles. The molecule has 0 atom stereocenters. The Morgan fingerprint density at radius 1 is 1.00 bits per heavy atom. The van der Waals surface area contributed by atoms with Gasteiger partial charge < -0.3 is 34.8 Å². The predicted octanol–water partition coefficient (Wildman–Crippen LogP) is -8.63. The summed E-state index contributed by atoms with van der Waals surface area (Å²) in [6.45, 7) is 0. The third kappa shape index (κ3) is 8.00. The Morgan fingerprint density at radius 2 is 1.27 bits per heavy atom. The first-order valence-electron chi connectivity index (χ1n) is 3.11. The first kappa shape index (κ1) is 20.5. The van der Waals surface area contributed by atoms with E-state index in [1.165, 1.54) is 0 Å². The third-order valence-corrected chi connectivity index (χ3v) is 1.25. The summed E-state index contributed by atoms with van der Waals surface area (Å²) in [6, 6.07) is 0. The van der Waals surface area contributed by atoms with E-state index in [1.54, 1.807) is 0 Å². The van der Waals surface area contributed by atoms with Crippen LogP contribution in [0.1, 0.15) is 12.8 Å². The fourth-order valence-corrected chi connectivity index (χ4v) is 0.684. The molecular weight excluding hydrogens is 231 g/mol. The maximum absolute atomic E-state index is 10.1. The van der Waals surface area contributed by atoms with Crippen LogP contribution in [0, 0.1) is 0 Å². The Hall–Kier alpha value is 0.136. The van der Waals surface area contributed by atoms with Gasteiger partial charge in [-0.1, -0.05) is 0 Å². The molecule has 0 aromatic rings. The molecule has 74 valence electrons. The van der Waals surface area contributed by atoms with Gasteiger partial charge >= 0.3 is 52.6 Å². The zero-order valence-electron chi connectivity index (χ0n) is 8.02. The number of carbonyl (C=O) groups excluding carboxylic acids is 3. The summed E-state index contributed by atoms with van der Waals surface area (Å²) in [6.07, 6.45) is -2.72. The molecule has 0 aliphatic rings. The van der Waals surface area contributed by atoms with Crippen LogP contribution in [0.5, 0.6) is 0 Å². The second kappa shape index (κ2) is 8.31. The van der Waals surface area contributed by atoms with Crippen LogP contribution in [0.3, 0.4) is 0 Å². The van der Waals surface area contributed by atoms with Crippen molar-refractivity contribution in [2.75, 3.05) is 0 Å². The molecule has 0 saturated heterocycles. The largest absolute Gasteiger partial charge is 2.00 e. The average molecular weight is 236 g/mol. The summed E-state index contributed by atoms with van der Waals surface area (Å²) < 4.78 is 0. The van der Waals surface area contributed by atoms with E-state index in [2.05, 4.69) is 0 Å². The van der Waals surface area contributed by atoms with Crippen molar-refractivity contribution in [3.63, 3.8) is 0 Å². The van der Waals surface area contributed by atoms with Crippen LogP contribution < -0.4 is 44.9 Å². The normalized spacial score (nSPS) is 9.40. The van der Waals surface area contributed by atoms with E-state index in [4.69, 9.17) is 5.11 Å². The predicted molar refractivity (Wildman–Crippen MR) is 35.0 cm³/mol. The topological polar surface area (TPSA) is 141 Å². The van der Waals surface area contributed by atoms with E-state index < -0.39 is 36.4 Å². The summed E-state index contributed by atoms with van der Waals surface area (Å²) in [4.78, 5) is 30.0. The van der Waals surface area contributed by atoms with Gasteiger partial charge in [-0.15, -0.1) is 0 Å². The molecule has 0 heterocycles. The first-order chi connectivity index (χ1) is 5.78. The van der Waals surface area contributed by atoms with Crippen molar-refractivity contribution in [2.45, 2.75) is 18.4 Å². The van der Waals surface area contributed by atoms with Crippen LogP contribution in [-0.4, -0.2) is 51.7 Å². The van der Waals surface area contributed by atoms with Gasteiger partial charge in [0.1, 0.15) is 5.60 Å². The Labute approximate surface area is 123 Å². The number of aliphatic hydroxyl groups is 1. The minimum atomic E-state index is -2.97. The van der Waals surface area contributed by atoms with Crippen LogP contribution in [0.15, 0.2) is 0 Å². The second-order valence-electron chi connectivity index (χ2n) is 2.42. The zero-order chi connectivity index (χ0) is 10.6. The molecule has 7 nitrogen and oxygen atoms in total. The SMILES string of the molecule is O=C([O-])CC(O)(CC(=O)[O-])C(=O)[O-].[Mg+2].[Na+]. The van der Waals surface area contributed by atoms with Gasteiger partial charge in [0.25, 0.3) is 0 Å². The summed E-state index contributed by atoms with van der Waals surface area (Å²) >= 11 is 0. The number of rotatable bonds is 5. The molecule has 0 rings (SSSR count). The number of carbonyl (C=O) groups is 3. The van der Waals surface area contributed by atoms with Gasteiger partial charge in [0.15, 0.2) is 0 Å². The van der Waals surface area contributed by atoms with Crippen molar-refractivity contribution in [3.8, 4) is 0 Å². The second-order valence-corrected chi connectivity index (χ2v) is 2.42. The molecular formula is C6H5MgNaO7. The van der Waals surface area contributed by atoms with E-state index in [0.717, 1.165) is 0 Å². The standard InChI is InChI=1S/C6H8O7.Mg.Na/c7-3(8)1-6(13,5(11)12)2-4(9)10;;/h13H,1-2H2,(H,7,8)(H,9,10)(H,11,12);;/q;+2;+1/p-3. The van der Waals surface area contributed by atoms with E-state index in [9.17, 15) is 29.7 Å². The van der Waals surface area contributed by atoms with E-state index in [0.29, 0.717) is 0 Å². The molecule has 0 saturated carbocycles. The summed E-state index contributed by atoms with van der Waals surface area (Å²) in [5.74, 6) is -5.98. The fourth-order valence-electron chi connectivity index (χ4n) is 0.684. The first-order valence-corrected chi connectivity index (χ1v) is 3.11. The number of hydrogen-bond donors (Lipinski definition) is 1. The van der Waals surface area contributed by atoms with Crippen molar-refractivity contribution in [3.05, 3.63) is 0 Å². The molecule has 0 aromatic carbocycles. The Bertz CT molecular complexity index is 238. The molecule has 0 aliphatic carbocycles. The smallest absolute Gasteiger partial charge is 0.550 e. The number of aliphatic carboxylic acids is 3. The van der Waals surface area contributed by atoms with Gasteiger partial charge in [0.05, 0.1) is 5.97 Å². The molecule has 0 aliphatic heterocycles. The van der Waals surface area contributed by atoms with Gasteiger partial charge in [-0.3, -0.25) is 0 Å². The van der Waals surface area contributed by atoms with Crippen LogP contribution in [0.25, 0.3) is 0 Å². The Kier molecular flexibility index (Phi) is 11.4. The monoisotopic (exact) mass is 236 g/mol. The van der Waals surface area contributed by atoms with Crippen LogP contribution >= 0.6 is 0 Å². The summed E-state index contributed by atoms with van der Waals surface area (Å²) in [5, 5.41) is 38.9. The molecule has 1 N–H and O–H groups in total. The molecule has 15 heavy (non-hydrogen) atoms. The van der Waals surface area contributed by atoms with E-state index in [1.807, 2.05) is 0 Å². The number of hydrogen-bond acceptors (Lipinski definition) is 7. The van der Waals surface area contributed by atoms with Crippen LogP contribution in [-0.2, 0) is 14.4 Å². The van der Waals surface area contributed by atoms with Gasteiger partial charge in [-0.2, -0.15) is 0 Å². The summed E-state index contributed by atoms with van der Waals surface area (Å²) in [5.41, 5.74) is -2.97. The molecule has 0 radical (unpaired) electrons. The van der Waals surface area contributed by atoms with Crippen molar-refractivity contribution in [1.82, 2.24) is 0 Å². The van der Waals surface area contributed by atoms with Crippen molar-refractivity contribution in [2.24, 2.45) is 0 Å². The van der Waals surface area contributed by atoms with Crippen LogP contribution in [0.2, 0.25) is 0 Å². The van der Waals surface area contributed by atoms with Gasteiger partial charge in [0.2, 0.25) is 0 Å². The molecule has 9 heteroatoms. The molecule has 0 spiro atoms. The van der Waals surface area contributed by atoms with E-state index in [-0.39, 0.29) is 52.6 Å². The van der Waals surface area contributed by atoms with Gasteiger partial charge in [0, 0.05) is 24.8 Å². The fraction of sp³-hybridized carbons (Fsp3) is 0.500. The van der Waals surface area contributed by atoms with E-state index >= 15 is 0 Å². The molecule has 0 bridgehead atoms. The minimum Gasteiger partial charge on any atom is -0.550 e. The third-order valence-electron chi connectivity index (χ3n) is 1.25. The maximum Gasteiger partial charge on any atom is 2.00 e. The molecule has 0 unspecified atom stereocenters. The summed E-state index contributed by atoms with van der Waals surface area (Å²) in [7, 11) is 0. The number of carboxylic acids is 3. The molecule has 0 fully saturated rings. The average Bonchev–Trinajstić information content (AvgIpc) is 1.82. The quantitative estimate of drug-likeness (QED) is 0.467. The van der Waals surface area contributed by atoms with Gasteiger partial charge in [-0.05, 0) is 0 Å². The zero-order valence-corrected chi connectivity index (χ0v) is 11.4. The van der Waals surface area contributed by atoms with Gasteiger partial charge in [-0.25, -0.2) is 0 Å². The minimum absolute atomic E-state index is 0. The van der Waals surface area contributed by atoms with Crippen molar-refractivity contribution < 1.29 is 64.4 Å².